The molecular weight excluding hydrogens is 112 g/mol. The van der Waals surface area contributed by atoms with Crippen molar-refractivity contribution in [2.45, 2.75) is 0 Å². The quantitative estimate of drug-likeness (QED) is 0.201. The molecule has 0 fully saturated rings. The molecule has 5 nitrogen and oxygen atoms in total. The summed E-state index contributed by atoms with van der Waals surface area (Å²) < 4.78 is 4.16. The Morgan fingerprint density at radius 2 is 2.50 bits per heavy atom. The first-order valence-corrected chi connectivity index (χ1v) is 2.01. The third-order valence-corrected chi connectivity index (χ3v) is 0.396. The minimum absolute atomic E-state index is 0.0285. The number of nitrogens with one attached hydrogen (secondary N) is 1. The van der Waals surface area contributed by atoms with Gasteiger partial charge in [0.15, 0.2) is 6.73 Å². The van der Waals surface area contributed by atoms with E-state index in [0.29, 0.717) is 6.47 Å². The highest BCUT2D eigenvalue weighted by molar-refractivity contribution is 5.36. The molecule has 0 amide bonds. The van der Waals surface area contributed by atoms with Crippen LogP contribution in [-0.4, -0.2) is 19.9 Å². The number of hydrogen-bond acceptors (Lipinski definition) is 5. The maximum atomic E-state index is 9.42. The van der Waals surface area contributed by atoms with Gasteiger partial charge in [-0.25, -0.2) is 0 Å². The van der Waals surface area contributed by atoms with E-state index in [1.165, 1.54) is 0 Å². The lowest BCUT2D eigenvalue weighted by atomic mass is 11.3. The number of hydroxylamine groups is 1. The van der Waals surface area contributed by atoms with E-state index in [9.17, 15) is 4.79 Å². The van der Waals surface area contributed by atoms with Crippen LogP contribution < -0.4 is 11.2 Å². The molecule has 0 aromatic rings. The molecule has 3 N–H and O–H groups in total. The molecule has 0 heterocycles. The lowest BCUT2D eigenvalue weighted by molar-refractivity contribution is -0.134. The number of hydrogen-bond donors (Lipinski definition) is 2. The summed E-state index contributed by atoms with van der Waals surface area (Å²) >= 11 is 0. The molecular formula is C3H8N2O3. The van der Waals surface area contributed by atoms with Crippen LogP contribution in [0.5, 0.6) is 0 Å². The second kappa shape index (κ2) is 6.35. The Labute approximate surface area is 46.7 Å². The van der Waals surface area contributed by atoms with Crippen LogP contribution in [0.25, 0.3) is 0 Å². The number of carbonyl (C=O) groups excluding carboxylic acids is 1. The van der Waals surface area contributed by atoms with Crippen molar-refractivity contribution < 1.29 is 14.4 Å². The van der Waals surface area contributed by atoms with Gasteiger partial charge in [0.25, 0.3) is 6.47 Å². The molecule has 0 aliphatic carbocycles. The average molecular weight is 120 g/mol. The minimum Gasteiger partial charge on any atom is -0.450 e. The van der Waals surface area contributed by atoms with Gasteiger partial charge in [0, 0.05) is 0 Å². The molecule has 5 heteroatoms. The number of carbonyl (C=O) groups is 1. The van der Waals surface area contributed by atoms with Crippen molar-refractivity contribution in [1.82, 2.24) is 5.48 Å². The van der Waals surface area contributed by atoms with Gasteiger partial charge in [-0.2, -0.15) is 5.48 Å². The average Bonchev–Trinajstić information content (AvgIpc) is 1.81. The van der Waals surface area contributed by atoms with Crippen molar-refractivity contribution in [3.05, 3.63) is 0 Å². The largest absolute Gasteiger partial charge is 0.450 e. The van der Waals surface area contributed by atoms with Crippen molar-refractivity contribution in [2.24, 2.45) is 5.73 Å². The molecule has 0 aromatic heterocycles. The summed E-state index contributed by atoms with van der Waals surface area (Å²) in [5.74, 6) is 0. The topological polar surface area (TPSA) is 73.6 Å². The SMILES string of the molecule is NCONCOC=O. The molecule has 0 rings (SSSR count). The fourth-order valence-corrected chi connectivity index (χ4v) is 0.169. The van der Waals surface area contributed by atoms with Crippen LogP contribution >= 0.6 is 0 Å². The minimum atomic E-state index is 0.0285. The molecule has 0 saturated heterocycles. The summed E-state index contributed by atoms with van der Waals surface area (Å²) in [5.41, 5.74) is 7.14. The van der Waals surface area contributed by atoms with Gasteiger partial charge in [-0.3, -0.25) is 9.63 Å². The van der Waals surface area contributed by atoms with Crippen LogP contribution in [-0.2, 0) is 14.4 Å². The number of nitrogens with two attached hydrogens (primary N) is 1. The van der Waals surface area contributed by atoms with E-state index in [4.69, 9.17) is 5.73 Å². The van der Waals surface area contributed by atoms with Crippen molar-refractivity contribution in [1.29, 1.82) is 0 Å². The summed E-state index contributed by atoms with van der Waals surface area (Å²) in [5, 5.41) is 0. The van der Waals surface area contributed by atoms with Gasteiger partial charge >= 0.3 is 0 Å². The van der Waals surface area contributed by atoms with E-state index in [1.54, 1.807) is 0 Å². The van der Waals surface area contributed by atoms with Gasteiger partial charge in [0.2, 0.25) is 0 Å². The molecule has 0 aliphatic rings. The maximum absolute atomic E-state index is 9.42. The molecule has 0 unspecified atom stereocenters. The van der Waals surface area contributed by atoms with Crippen molar-refractivity contribution in [3.8, 4) is 0 Å². The van der Waals surface area contributed by atoms with E-state index in [1.807, 2.05) is 0 Å². The van der Waals surface area contributed by atoms with E-state index >= 15 is 0 Å². The van der Waals surface area contributed by atoms with Crippen LogP contribution in [0.3, 0.4) is 0 Å². The molecule has 48 valence electrons. The van der Waals surface area contributed by atoms with Crippen molar-refractivity contribution in [3.63, 3.8) is 0 Å². The van der Waals surface area contributed by atoms with Crippen molar-refractivity contribution >= 4 is 6.47 Å². The van der Waals surface area contributed by atoms with Crippen LogP contribution in [0, 0.1) is 0 Å². The Kier molecular flexibility index (Phi) is 5.83. The Bertz CT molecular complexity index is 58.5. The standard InChI is InChI=1S/C3H8N2O3/c4-1-8-5-2-7-3-6/h3,5H,1-2,4H2. The molecule has 0 atom stereocenters. The monoisotopic (exact) mass is 120 g/mol. The Morgan fingerprint density at radius 3 is 3.00 bits per heavy atom. The predicted molar refractivity (Wildman–Crippen MR) is 25.3 cm³/mol. The number of ether oxygens (including phenoxy) is 1. The van der Waals surface area contributed by atoms with Crippen LogP contribution in [0.1, 0.15) is 0 Å². The molecule has 8 heavy (non-hydrogen) atoms. The second-order valence-electron chi connectivity index (χ2n) is 0.863. The summed E-state index contributed by atoms with van der Waals surface area (Å²) in [6.45, 7) is 0.399. The van der Waals surface area contributed by atoms with Crippen molar-refractivity contribution in [2.75, 3.05) is 13.5 Å². The summed E-state index contributed by atoms with van der Waals surface area (Å²) in [7, 11) is 0. The van der Waals surface area contributed by atoms with Gasteiger partial charge in [-0.15, -0.1) is 0 Å². The predicted octanol–water partition coefficient (Wildman–Crippen LogP) is -1.45. The lowest BCUT2D eigenvalue weighted by Crippen LogP contribution is -2.21. The highest BCUT2D eigenvalue weighted by Gasteiger charge is 1.78. The smallest absolute Gasteiger partial charge is 0.294 e. The van der Waals surface area contributed by atoms with E-state index < -0.39 is 0 Å². The third kappa shape index (κ3) is 5.35. The van der Waals surface area contributed by atoms with Gasteiger partial charge in [0.1, 0.15) is 6.73 Å². The van der Waals surface area contributed by atoms with E-state index in [0.717, 1.165) is 0 Å². The molecule has 0 aromatic carbocycles. The normalized spacial score (nSPS) is 8.62. The molecule has 0 aliphatic heterocycles. The Hall–Kier alpha value is -0.650. The van der Waals surface area contributed by atoms with Gasteiger partial charge in [-0.1, -0.05) is 0 Å². The first-order chi connectivity index (χ1) is 3.91. The van der Waals surface area contributed by atoms with Gasteiger partial charge in [-0.05, 0) is 0 Å². The zero-order valence-corrected chi connectivity index (χ0v) is 4.29. The Morgan fingerprint density at radius 1 is 1.75 bits per heavy atom. The van der Waals surface area contributed by atoms with Crippen LogP contribution in [0.2, 0.25) is 0 Å². The molecule has 0 radical (unpaired) electrons. The second-order valence-corrected chi connectivity index (χ2v) is 0.863. The van der Waals surface area contributed by atoms with Gasteiger partial charge < -0.3 is 10.5 Å². The first-order valence-electron chi connectivity index (χ1n) is 2.01. The summed E-state index contributed by atoms with van der Waals surface area (Å²) in [6.07, 6.45) is 0. The highest BCUT2D eigenvalue weighted by Crippen LogP contribution is 1.59. The fourth-order valence-electron chi connectivity index (χ4n) is 0.169. The molecule has 0 bridgehead atoms. The molecule has 0 spiro atoms. The van der Waals surface area contributed by atoms with Crippen LogP contribution in [0.15, 0.2) is 0 Å². The Balaban J connectivity index is 2.62. The maximum Gasteiger partial charge on any atom is 0.294 e. The summed E-state index contributed by atoms with van der Waals surface area (Å²) in [6, 6.07) is 0. The fraction of sp³-hybridized carbons (Fsp3) is 0.667. The van der Waals surface area contributed by atoms with Gasteiger partial charge in [0.05, 0.1) is 0 Å². The van der Waals surface area contributed by atoms with E-state index in [-0.39, 0.29) is 13.5 Å². The number of rotatable bonds is 5. The molecule has 0 saturated carbocycles. The lowest BCUT2D eigenvalue weighted by Gasteiger charge is -1.98. The zero-order chi connectivity index (χ0) is 6.24. The summed E-state index contributed by atoms with van der Waals surface area (Å²) in [4.78, 5) is 13.8. The van der Waals surface area contributed by atoms with Crippen LogP contribution in [0.4, 0.5) is 0 Å². The highest BCUT2D eigenvalue weighted by atomic mass is 16.7. The van der Waals surface area contributed by atoms with E-state index in [2.05, 4.69) is 15.1 Å². The first kappa shape index (κ1) is 7.35. The zero-order valence-electron chi connectivity index (χ0n) is 4.29. The third-order valence-electron chi connectivity index (χ3n) is 0.396.